The van der Waals surface area contributed by atoms with E-state index in [1.54, 1.807) is 26.2 Å². The van der Waals surface area contributed by atoms with Crippen molar-refractivity contribution in [2.75, 3.05) is 18.1 Å². The number of methoxy groups -OCH3 is 1. The molecule has 0 saturated heterocycles. The van der Waals surface area contributed by atoms with Crippen molar-refractivity contribution in [3.8, 4) is 17.3 Å². The van der Waals surface area contributed by atoms with Crippen LogP contribution >= 0.6 is 0 Å². The van der Waals surface area contributed by atoms with Gasteiger partial charge < -0.3 is 14.8 Å². The van der Waals surface area contributed by atoms with Crippen LogP contribution in [0.15, 0.2) is 41.2 Å². The van der Waals surface area contributed by atoms with Gasteiger partial charge >= 0.3 is 5.69 Å². The highest BCUT2D eigenvalue weighted by Crippen LogP contribution is 2.37. The number of rotatable bonds is 7. The summed E-state index contributed by atoms with van der Waals surface area (Å²) in [5.41, 5.74) is 3.66. The van der Waals surface area contributed by atoms with Crippen molar-refractivity contribution in [2.45, 2.75) is 46.0 Å². The number of hydrogen-bond donors (Lipinski definition) is 3. The fourth-order valence-electron chi connectivity index (χ4n) is 3.79. The summed E-state index contributed by atoms with van der Waals surface area (Å²) in [6, 6.07) is 10.9. The van der Waals surface area contributed by atoms with Gasteiger partial charge in [0.25, 0.3) is 0 Å². The Morgan fingerprint density at radius 2 is 1.76 bits per heavy atom. The molecule has 3 aromatic rings. The number of aromatic nitrogens is 2. The van der Waals surface area contributed by atoms with E-state index in [1.165, 1.54) is 4.57 Å². The van der Waals surface area contributed by atoms with Crippen molar-refractivity contribution < 1.29 is 18.3 Å². The molecular weight excluding hydrogens is 442 g/mol. The van der Waals surface area contributed by atoms with Crippen molar-refractivity contribution in [1.82, 2.24) is 9.55 Å². The third-order valence-corrected chi connectivity index (χ3v) is 6.01. The summed E-state index contributed by atoms with van der Waals surface area (Å²) >= 11 is 0. The van der Waals surface area contributed by atoms with Gasteiger partial charge in [0.05, 0.1) is 24.7 Å². The molecule has 0 aliphatic rings. The summed E-state index contributed by atoms with van der Waals surface area (Å²) in [6.45, 7) is 7.84. The average molecular weight is 474 g/mol. The molecule has 0 fully saturated rings. The summed E-state index contributed by atoms with van der Waals surface area (Å²) in [5, 5.41) is 10.4. The summed E-state index contributed by atoms with van der Waals surface area (Å²) in [4.78, 5) is 15.1. The minimum Gasteiger partial charge on any atom is -0.496 e. The lowest BCUT2D eigenvalue weighted by Gasteiger charge is -2.25. The van der Waals surface area contributed by atoms with E-state index in [-0.39, 0.29) is 11.3 Å². The molecule has 1 heterocycles. The zero-order valence-electron chi connectivity index (χ0n) is 19.8. The molecule has 1 aromatic heterocycles. The maximum absolute atomic E-state index is 12.5. The van der Waals surface area contributed by atoms with Crippen LogP contribution in [0.5, 0.6) is 11.6 Å². The smallest absolute Gasteiger partial charge is 0.333 e. The third-order valence-electron chi connectivity index (χ3n) is 5.41. The molecule has 0 unspecified atom stereocenters. The molecule has 0 radical (unpaired) electrons. The molecule has 0 aliphatic carbocycles. The summed E-state index contributed by atoms with van der Waals surface area (Å²) in [6.07, 6.45) is 2.41. The van der Waals surface area contributed by atoms with Crippen LogP contribution in [0.3, 0.4) is 0 Å². The molecule has 0 spiro atoms. The van der Waals surface area contributed by atoms with E-state index in [4.69, 9.17) is 4.74 Å². The number of aryl methyl sites for hydroxylation is 3. The van der Waals surface area contributed by atoms with E-state index in [1.807, 2.05) is 24.3 Å². The van der Waals surface area contributed by atoms with Crippen LogP contribution in [0, 0.1) is 6.92 Å². The SMILES string of the molecule is COc1c(CCc2ccc(NS(C)(=O)=O)cc2)cc(-n2c(O)c(C)[nH]c2=O)cc1C(C)(C)C. The van der Waals surface area contributed by atoms with Gasteiger partial charge in [0, 0.05) is 11.3 Å². The van der Waals surface area contributed by atoms with E-state index in [9.17, 15) is 18.3 Å². The molecule has 9 heteroatoms. The first-order valence-electron chi connectivity index (χ1n) is 10.6. The van der Waals surface area contributed by atoms with Gasteiger partial charge in [0.2, 0.25) is 15.9 Å². The third kappa shape index (κ3) is 5.60. The van der Waals surface area contributed by atoms with Gasteiger partial charge in [0.15, 0.2) is 0 Å². The van der Waals surface area contributed by atoms with Crippen LogP contribution in [0.25, 0.3) is 5.69 Å². The number of hydrogen-bond acceptors (Lipinski definition) is 5. The van der Waals surface area contributed by atoms with E-state index >= 15 is 0 Å². The van der Waals surface area contributed by atoms with Crippen LogP contribution in [-0.2, 0) is 28.3 Å². The van der Waals surface area contributed by atoms with Crippen molar-refractivity contribution in [1.29, 1.82) is 0 Å². The largest absolute Gasteiger partial charge is 0.496 e. The van der Waals surface area contributed by atoms with E-state index < -0.39 is 15.7 Å². The molecule has 3 rings (SSSR count). The Labute approximate surface area is 194 Å². The molecule has 3 N–H and O–H groups in total. The first kappa shape index (κ1) is 24.4. The van der Waals surface area contributed by atoms with Gasteiger partial charge in [-0.3, -0.25) is 4.72 Å². The fourth-order valence-corrected chi connectivity index (χ4v) is 4.36. The van der Waals surface area contributed by atoms with Crippen LogP contribution < -0.4 is 15.1 Å². The first-order valence-corrected chi connectivity index (χ1v) is 12.5. The number of nitrogens with one attached hydrogen (secondary N) is 2. The van der Waals surface area contributed by atoms with Crippen LogP contribution in [0.4, 0.5) is 5.69 Å². The highest BCUT2D eigenvalue weighted by atomic mass is 32.2. The van der Waals surface area contributed by atoms with Gasteiger partial charge in [-0.05, 0) is 60.6 Å². The van der Waals surface area contributed by atoms with Gasteiger partial charge in [0.1, 0.15) is 5.75 Å². The Morgan fingerprint density at radius 3 is 2.24 bits per heavy atom. The lowest BCUT2D eigenvalue weighted by molar-refractivity contribution is 0.392. The Kier molecular flexibility index (Phi) is 6.65. The maximum atomic E-state index is 12.5. The van der Waals surface area contributed by atoms with Gasteiger partial charge in [-0.2, -0.15) is 0 Å². The molecule has 0 amide bonds. The number of H-pyrrole nitrogens is 1. The number of sulfonamides is 1. The Hall–Kier alpha value is -3.20. The van der Waals surface area contributed by atoms with Gasteiger partial charge in [-0.1, -0.05) is 32.9 Å². The number of ether oxygens (including phenoxy) is 1. The number of aromatic hydroxyl groups is 1. The first-order chi connectivity index (χ1) is 15.3. The van der Waals surface area contributed by atoms with E-state index in [0.29, 0.717) is 29.9 Å². The predicted molar refractivity (Wildman–Crippen MR) is 130 cm³/mol. The van der Waals surface area contributed by atoms with Crippen molar-refractivity contribution in [3.63, 3.8) is 0 Å². The lowest BCUT2D eigenvalue weighted by Crippen LogP contribution is -2.19. The summed E-state index contributed by atoms with van der Waals surface area (Å²) < 4.78 is 32.3. The molecule has 0 saturated carbocycles. The van der Waals surface area contributed by atoms with Crippen LogP contribution in [0.2, 0.25) is 0 Å². The monoisotopic (exact) mass is 473 g/mol. The Bertz CT molecular complexity index is 1310. The van der Waals surface area contributed by atoms with Crippen molar-refractivity contribution >= 4 is 15.7 Å². The highest BCUT2D eigenvalue weighted by molar-refractivity contribution is 7.92. The zero-order chi connectivity index (χ0) is 24.6. The molecular formula is C24H31N3O5S. The standard InChI is InChI=1S/C24H31N3O5S/c1-15-22(28)27(23(29)25-15)19-13-17(21(32-5)20(14-19)24(2,3)4)10-7-16-8-11-18(12-9-16)26-33(6,30)31/h8-9,11-14,26,28H,7,10H2,1-6H3,(H,25,29). The second kappa shape index (κ2) is 8.97. The quantitative estimate of drug-likeness (QED) is 0.485. The average Bonchev–Trinajstić information content (AvgIpc) is 2.96. The van der Waals surface area contributed by atoms with E-state index in [0.717, 1.165) is 28.7 Å². The normalized spacial score (nSPS) is 12.1. The van der Waals surface area contributed by atoms with Gasteiger partial charge in [-0.15, -0.1) is 0 Å². The Morgan fingerprint density at radius 1 is 1.12 bits per heavy atom. The highest BCUT2D eigenvalue weighted by Gasteiger charge is 2.24. The summed E-state index contributed by atoms with van der Waals surface area (Å²) in [7, 11) is -1.70. The molecule has 2 aromatic carbocycles. The van der Waals surface area contributed by atoms with Crippen LogP contribution in [-0.4, -0.2) is 36.4 Å². The molecule has 178 valence electrons. The minimum atomic E-state index is -3.33. The number of imidazole rings is 1. The summed E-state index contributed by atoms with van der Waals surface area (Å²) in [5.74, 6) is 0.631. The Balaban J connectivity index is 2.01. The van der Waals surface area contributed by atoms with Crippen molar-refractivity contribution in [2.24, 2.45) is 0 Å². The fraction of sp³-hybridized carbons (Fsp3) is 0.375. The predicted octanol–water partition coefficient (Wildman–Crippen LogP) is 3.64. The van der Waals surface area contributed by atoms with Crippen molar-refractivity contribution in [3.05, 3.63) is 69.3 Å². The van der Waals surface area contributed by atoms with E-state index in [2.05, 4.69) is 30.5 Å². The lowest BCUT2D eigenvalue weighted by atomic mass is 9.84. The van der Waals surface area contributed by atoms with Crippen LogP contribution in [0.1, 0.15) is 43.2 Å². The molecule has 0 aliphatic heterocycles. The molecule has 8 nitrogen and oxygen atoms in total. The number of anilines is 1. The molecule has 0 atom stereocenters. The zero-order valence-corrected chi connectivity index (χ0v) is 20.6. The van der Waals surface area contributed by atoms with Gasteiger partial charge in [-0.25, -0.2) is 17.8 Å². The topological polar surface area (TPSA) is 113 Å². The number of benzene rings is 2. The molecule has 0 bridgehead atoms. The molecule has 33 heavy (non-hydrogen) atoms. The second-order valence-electron chi connectivity index (χ2n) is 9.22. The number of aromatic amines is 1. The number of nitrogens with zero attached hydrogens (tertiary/aromatic N) is 1. The maximum Gasteiger partial charge on any atom is 0.333 e. The second-order valence-corrected chi connectivity index (χ2v) is 11.0. The minimum absolute atomic E-state index is 0.120.